The minimum Gasteiger partial charge on any atom is -0.468 e. The summed E-state index contributed by atoms with van der Waals surface area (Å²) in [5.41, 5.74) is 2.59. The second-order valence-corrected chi connectivity index (χ2v) is 6.79. The summed E-state index contributed by atoms with van der Waals surface area (Å²) in [5, 5.41) is 1.83. The molecule has 0 N–H and O–H groups in total. The van der Waals surface area contributed by atoms with Crippen molar-refractivity contribution in [2.75, 3.05) is 26.2 Å². The van der Waals surface area contributed by atoms with Gasteiger partial charge in [-0.2, -0.15) is 0 Å². The Morgan fingerprint density at radius 1 is 1.43 bits per heavy atom. The van der Waals surface area contributed by atoms with E-state index in [-0.39, 0.29) is 11.3 Å². The van der Waals surface area contributed by atoms with Gasteiger partial charge in [-0.15, -0.1) is 11.3 Å². The van der Waals surface area contributed by atoms with Gasteiger partial charge < -0.3 is 9.32 Å². The Morgan fingerprint density at radius 3 is 3.05 bits per heavy atom. The highest BCUT2D eigenvalue weighted by Crippen LogP contribution is 2.40. The molecule has 0 unspecified atom stereocenters. The summed E-state index contributed by atoms with van der Waals surface area (Å²) < 4.78 is 5.39. The first-order chi connectivity index (χ1) is 10.2. The van der Waals surface area contributed by atoms with Crippen LogP contribution in [0.2, 0.25) is 0 Å². The molecule has 4 heterocycles. The molecular formula is C15H17N3O2S. The van der Waals surface area contributed by atoms with Crippen molar-refractivity contribution in [3.05, 3.63) is 40.7 Å². The normalized spacial score (nSPS) is 20.9. The number of furan rings is 1. The predicted molar refractivity (Wildman–Crippen MR) is 79.1 cm³/mol. The summed E-state index contributed by atoms with van der Waals surface area (Å²) in [6, 6.07) is 3.94. The first kappa shape index (κ1) is 13.0. The zero-order chi connectivity index (χ0) is 14.3. The molecule has 0 atom stereocenters. The van der Waals surface area contributed by atoms with Crippen LogP contribution >= 0.6 is 11.3 Å². The maximum atomic E-state index is 12.3. The fraction of sp³-hybridized carbons (Fsp3) is 0.467. The fourth-order valence-corrected chi connectivity index (χ4v) is 4.01. The van der Waals surface area contributed by atoms with Gasteiger partial charge >= 0.3 is 0 Å². The topological polar surface area (TPSA) is 49.6 Å². The summed E-state index contributed by atoms with van der Waals surface area (Å²) in [6.07, 6.45) is 2.81. The van der Waals surface area contributed by atoms with Crippen LogP contribution in [0.25, 0.3) is 0 Å². The van der Waals surface area contributed by atoms with Crippen molar-refractivity contribution in [3.8, 4) is 0 Å². The Hall–Kier alpha value is -1.66. The van der Waals surface area contributed by atoms with Crippen LogP contribution in [0, 0.1) is 5.41 Å². The van der Waals surface area contributed by atoms with Gasteiger partial charge in [0.15, 0.2) is 0 Å². The lowest BCUT2D eigenvalue weighted by Crippen LogP contribution is -2.57. The first-order valence-corrected chi connectivity index (χ1v) is 8.11. The predicted octanol–water partition coefficient (Wildman–Crippen LogP) is 2.08. The van der Waals surface area contributed by atoms with E-state index in [0.29, 0.717) is 5.69 Å². The number of hydrogen-bond donors (Lipinski definition) is 0. The molecule has 0 aliphatic carbocycles. The van der Waals surface area contributed by atoms with Gasteiger partial charge in [-0.3, -0.25) is 9.69 Å². The van der Waals surface area contributed by atoms with Gasteiger partial charge in [-0.05, 0) is 18.6 Å². The van der Waals surface area contributed by atoms with Gasteiger partial charge in [0.1, 0.15) is 11.5 Å². The zero-order valence-electron chi connectivity index (χ0n) is 11.7. The molecule has 5 nitrogen and oxygen atoms in total. The van der Waals surface area contributed by atoms with Crippen molar-refractivity contribution < 1.29 is 9.21 Å². The lowest BCUT2D eigenvalue weighted by molar-refractivity contribution is -0.00162. The Morgan fingerprint density at radius 2 is 2.33 bits per heavy atom. The monoisotopic (exact) mass is 303 g/mol. The van der Waals surface area contributed by atoms with Crippen LogP contribution < -0.4 is 0 Å². The number of aromatic nitrogens is 1. The molecule has 4 rings (SSSR count). The van der Waals surface area contributed by atoms with Crippen LogP contribution in [0.1, 0.15) is 22.7 Å². The molecule has 0 aromatic carbocycles. The van der Waals surface area contributed by atoms with Crippen LogP contribution in [-0.2, 0) is 6.54 Å². The number of rotatable bonds is 3. The second kappa shape index (κ2) is 4.96. The minimum atomic E-state index is 0.0811. The summed E-state index contributed by atoms with van der Waals surface area (Å²) in [6.45, 7) is 4.68. The number of nitrogens with zero attached hydrogens (tertiary/aromatic N) is 3. The fourth-order valence-electron chi connectivity index (χ4n) is 3.48. The van der Waals surface area contributed by atoms with Gasteiger partial charge in [0.05, 0.1) is 18.3 Å². The highest BCUT2D eigenvalue weighted by atomic mass is 32.1. The smallest absolute Gasteiger partial charge is 0.273 e. The molecule has 2 aromatic heterocycles. The molecule has 21 heavy (non-hydrogen) atoms. The van der Waals surface area contributed by atoms with E-state index in [9.17, 15) is 4.79 Å². The minimum absolute atomic E-state index is 0.0811. The Balaban J connectivity index is 1.34. The van der Waals surface area contributed by atoms with Gasteiger partial charge in [0, 0.05) is 37.0 Å². The summed E-state index contributed by atoms with van der Waals surface area (Å²) in [4.78, 5) is 20.8. The first-order valence-electron chi connectivity index (χ1n) is 7.16. The molecule has 0 bridgehead atoms. The van der Waals surface area contributed by atoms with Crippen molar-refractivity contribution in [1.29, 1.82) is 0 Å². The van der Waals surface area contributed by atoms with Crippen molar-refractivity contribution in [1.82, 2.24) is 14.8 Å². The van der Waals surface area contributed by atoms with E-state index in [0.717, 1.165) is 44.9 Å². The Bertz CT molecular complexity index is 617. The van der Waals surface area contributed by atoms with Crippen molar-refractivity contribution in [2.45, 2.75) is 13.0 Å². The average molecular weight is 303 g/mol. The van der Waals surface area contributed by atoms with Gasteiger partial charge in [0.2, 0.25) is 0 Å². The molecule has 2 saturated heterocycles. The number of carbonyl (C=O) groups excluding carboxylic acids is 1. The SMILES string of the molecule is O=C(c1cscn1)N1CCC2(CN(Cc3ccco3)C2)C1. The lowest BCUT2D eigenvalue weighted by atomic mass is 9.79. The molecule has 2 aliphatic rings. The van der Waals surface area contributed by atoms with Crippen molar-refractivity contribution in [2.24, 2.45) is 5.41 Å². The average Bonchev–Trinajstić information content (AvgIpc) is 3.19. The largest absolute Gasteiger partial charge is 0.468 e. The summed E-state index contributed by atoms with van der Waals surface area (Å²) >= 11 is 1.47. The van der Waals surface area contributed by atoms with Gasteiger partial charge in [-0.25, -0.2) is 4.98 Å². The van der Waals surface area contributed by atoms with Crippen molar-refractivity contribution in [3.63, 3.8) is 0 Å². The number of thiazole rings is 1. The Labute approximate surface area is 127 Å². The molecule has 0 radical (unpaired) electrons. The standard InChI is InChI=1S/C15H17N3O2S/c19-14(13-7-21-11-16-13)18-4-3-15(10-18)8-17(9-15)6-12-2-1-5-20-12/h1-2,5,7,11H,3-4,6,8-10H2. The molecule has 2 aromatic rings. The number of carbonyl (C=O) groups is 1. The van der Waals surface area contributed by atoms with Crippen LogP contribution in [0.3, 0.4) is 0 Å². The van der Waals surface area contributed by atoms with Crippen LogP contribution in [-0.4, -0.2) is 46.9 Å². The molecule has 6 heteroatoms. The van der Waals surface area contributed by atoms with E-state index in [1.807, 2.05) is 22.4 Å². The Kier molecular flexibility index (Phi) is 3.08. The molecule has 1 spiro atoms. The quantitative estimate of drug-likeness (QED) is 0.871. The van der Waals surface area contributed by atoms with Crippen LogP contribution in [0.15, 0.2) is 33.7 Å². The second-order valence-electron chi connectivity index (χ2n) is 6.07. The molecule has 2 fully saturated rings. The number of amides is 1. The maximum absolute atomic E-state index is 12.3. The van der Waals surface area contributed by atoms with Crippen LogP contribution in [0.5, 0.6) is 0 Å². The lowest BCUT2D eigenvalue weighted by Gasteiger charge is -2.47. The van der Waals surface area contributed by atoms with E-state index in [2.05, 4.69) is 9.88 Å². The third kappa shape index (κ3) is 2.38. The van der Waals surface area contributed by atoms with E-state index < -0.39 is 0 Å². The molecule has 2 aliphatic heterocycles. The van der Waals surface area contributed by atoms with Gasteiger partial charge in [0.25, 0.3) is 5.91 Å². The highest BCUT2D eigenvalue weighted by Gasteiger charge is 2.48. The van der Waals surface area contributed by atoms with Crippen molar-refractivity contribution >= 4 is 17.2 Å². The van der Waals surface area contributed by atoms with Gasteiger partial charge in [-0.1, -0.05) is 0 Å². The molecule has 110 valence electrons. The third-order valence-corrected chi connectivity index (χ3v) is 5.04. The zero-order valence-corrected chi connectivity index (χ0v) is 12.5. The molecular weight excluding hydrogens is 286 g/mol. The van der Waals surface area contributed by atoms with E-state index in [1.54, 1.807) is 11.8 Å². The van der Waals surface area contributed by atoms with Crippen LogP contribution in [0.4, 0.5) is 0 Å². The molecule has 1 amide bonds. The number of likely N-dealkylation sites (tertiary alicyclic amines) is 2. The summed E-state index contributed by atoms with van der Waals surface area (Å²) in [7, 11) is 0. The molecule has 0 saturated carbocycles. The van der Waals surface area contributed by atoms with E-state index in [1.165, 1.54) is 11.3 Å². The van der Waals surface area contributed by atoms with E-state index in [4.69, 9.17) is 4.42 Å². The third-order valence-electron chi connectivity index (χ3n) is 4.45. The highest BCUT2D eigenvalue weighted by molar-refractivity contribution is 7.07. The summed E-state index contributed by atoms with van der Waals surface area (Å²) in [5.74, 6) is 1.09. The van der Waals surface area contributed by atoms with E-state index >= 15 is 0 Å². The maximum Gasteiger partial charge on any atom is 0.273 e. The number of hydrogen-bond acceptors (Lipinski definition) is 5.